The molecular weight excluding hydrogens is 135 g/mol. The molecule has 0 amide bonds. The van der Waals surface area contributed by atoms with Gasteiger partial charge < -0.3 is 5.11 Å². The Kier molecular flexibility index (Phi) is 9.71. The highest BCUT2D eigenvalue weighted by Gasteiger charge is 1.90. The first-order valence-corrected chi connectivity index (χ1v) is 3.46. The van der Waals surface area contributed by atoms with Gasteiger partial charge in [0.2, 0.25) is 0 Å². The summed E-state index contributed by atoms with van der Waals surface area (Å²) in [4.78, 5) is 9.60. The van der Waals surface area contributed by atoms with Crippen LogP contribution in [0.15, 0.2) is 12.2 Å². The van der Waals surface area contributed by atoms with E-state index in [2.05, 4.69) is 22.7 Å². The van der Waals surface area contributed by atoms with E-state index in [4.69, 9.17) is 5.11 Å². The van der Waals surface area contributed by atoms with Gasteiger partial charge in [0, 0.05) is 5.57 Å². The van der Waals surface area contributed by atoms with Gasteiger partial charge in [-0.15, -0.1) is 9.24 Å². The molecular formula is C6H13O2P. The van der Waals surface area contributed by atoms with E-state index in [1.54, 1.807) is 0 Å². The number of carboxylic acid groups (broad SMARTS) is 1. The van der Waals surface area contributed by atoms with Crippen molar-refractivity contribution in [3.05, 3.63) is 12.2 Å². The lowest BCUT2D eigenvalue weighted by Crippen LogP contribution is -1.92. The molecule has 0 bridgehead atoms. The van der Waals surface area contributed by atoms with Crippen molar-refractivity contribution in [1.29, 1.82) is 0 Å². The van der Waals surface area contributed by atoms with Gasteiger partial charge in [0.1, 0.15) is 0 Å². The Bertz CT molecular complexity index is 87.2. The van der Waals surface area contributed by atoms with Gasteiger partial charge in [-0.1, -0.05) is 13.5 Å². The first-order valence-electron chi connectivity index (χ1n) is 2.65. The quantitative estimate of drug-likeness (QED) is 0.452. The summed E-state index contributed by atoms with van der Waals surface area (Å²) in [7, 11) is 2.58. The molecule has 0 saturated carbocycles. The van der Waals surface area contributed by atoms with Crippen LogP contribution in [0.5, 0.6) is 0 Å². The van der Waals surface area contributed by atoms with Crippen LogP contribution < -0.4 is 0 Å². The molecule has 0 aliphatic carbocycles. The molecule has 0 spiro atoms. The van der Waals surface area contributed by atoms with Crippen molar-refractivity contribution in [3.8, 4) is 0 Å². The minimum Gasteiger partial charge on any atom is -0.478 e. The van der Waals surface area contributed by atoms with Gasteiger partial charge in [-0.25, -0.2) is 4.79 Å². The largest absolute Gasteiger partial charge is 0.478 e. The molecule has 0 radical (unpaired) electrons. The third-order valence-electron chi connectivity index (χ3n) is 0.365. The van der Waals surface area contributed by atoms with E-state index in [1.807, 2.05) is 0 Å². The van der Waals surface area contributed by atoms with Crippen LogP contribution in [0.1, 0.15) is 13.8 Å². The minimum atomic E-state index is -0.935. The number of hydrogen-bond donors (Lipinski definition) is 1. The fourth-order valence-corrected chi connectivity index (χ4v) is 0. The van der Waals surface area contributed by atoms with Crippen molar-refractivity contribution < 1.29 is 9.90 Å². The Morgan fingerprint density at radius 3 is 1.89 bits per heavy atom. The average molecular weight is 148 g/mol. The molecule has 0 aliphatic heterocycles. The Balaban J connectivity index is 0. The maximum absolute atomic E-state index is 9.60. The molecule has 0 aromatic heterocycles. The normalized spacial score (nSPS) is 7.00. The first-order chi connectivity index (χ1) is 4.06. The van der Waals surface area contributed by atoms with Crippen molar-refractivity contribution in [3.63, 3.8) is 0 Å². The van der Waals surface area contributed by atoms with Crippen LogP contribution in [0.25, 0.3) is 0 Å². The summed E-state index contributed by atoms with van der Waals surface area (Å²) in [5.74, 6) is -0.935. The van der Waals surface area contributed by atoms with Crippen LogP contribution in [-0.4, -0.2) is 17.2 Å². The lowest BCUT2D eigenvalue weighted by Gasteiger charge is -1.79. The van der Waals surface area contributed by atoms with Gasteiger partial charge in [-0.3, -0.25) is 0 Å². The van der Waals surface area contributed by atoms with Gasteiger partial charge >= 0.3 is 5.97 Å². The number of carboxylic acids is 1. The van der Waals surface area contributed by atoms with Crippen LogP contribution in [0.3, 0.4) is 0 Å². The van der Waals surface area contributed by atoms with Crippen molar-refractivity contribution in [2.24, 2.45) is 0 Å². The minimum absolute atomic E-state index is 0.176. The van der Waals surface area contributed by atoms with Gasteiger partial charge in [-0.05, 0) is 13.1 Å². The Labute approximate surface area is 58.2 Å². The summed E-state index contributed by atoms with van der Waals surface area (Å²) in [5.41, 5.74) is 0.176. The zero-order chi connectivity index (χ0) is 7.86. The molecule has 9 heavy (non-hydrogen) atoms. The van der Waals surface area contributed by atoms with E-state index in [9.17, 15) is 4.79 Å². The molecule has 0 saturated heterocycles. The van der Waals surface area contributed by atoms with Gasteiger partial charge in [0.25, 0.3) is 0 Å². The number of aliphatic carboxylic acids is 1. The van der Waals surface area contributed by atoms with Crippen LogP contribution in [0.2, 0.25) is 0 Å². The van der Waals surface area contributed by atoms with E-state index in [0.29, 0.717) is 0 Å². The summed E-state index contributed by atoms with van der Waals surface area (Å²) >= 11 is 0. The zero-order valence-corrected chi connectivity index (χ0v) is 7.00. The molecule has 2 nitrogen and oxygen atoms in total. The van der Waals surface area contributed by atoms with Crippen molar-refractivity contribution in [2.45, 2.75) is 13.8 Å². The number of hydrogen-bond acceptors (Lipinski definition) is 1. The lowest BCUT2D eigenvalue weighted by atomic mass is 10.4. The van der Waals surface area contributed by atoms with Crippen molar-refractivity contribution in [1.82, 2.24) is 0 Å². The fraction of sp³-hybridized carbons (Fsp3) is 0.500. The highest BCUT2D eigenvalue weighted by atomic mass is 31.0. The molecule has 1 atom stereocenters. The first kappa shape index (κ1) is 11.4. The Hall–Kier alpha value is -0.360. The Morgan fingerprint density at radius 1 is 1.78 bits per heavy atom. The summed E-state index contributed by atoms with van der Waals surface area (Å²) in [5, 5.41) is 7.89. The summed E-state index contributed by atoms with van der Waals surface area (Å²) in [6, 6.07) is 0. The van der Waals surface area contributed by atoms with Crippen molar-refractivity contribution in [2.75, 3.05) is 6.16 Å². The third-order valence-corrected chi connectivity index (χ3v) is 0.365. The van der Waals surface area contributed by atoms with E-state index < -0.39 is 5.97 Å². The Morgan fingerprint density at radius 2 is 1.89 bits per heavy atom. The van der Waals surface area contributed by atoms with Crippen molar-refractivity contribution >= 4 is 15.2 Å². The van der Waals surface area contributed by atoms with E-state index in [-0.39, 0.29) is 5.57 Å². The summed E-state index contributed by atoms with van der Waals surface area (Å²) in [6.45, 7) is 6.69. The smallest absolute Gasteiger partial charge is 0.330 e. The number of rotatable bonds is 1. The van der Waals surface area contributed by atoms with E-state index >= 15 is 0 Å². The highest BCUT2D eigenvalue weighted by molar-refractivity contribution is 7.16. The van der Waals surface area contributed by atoms with Gasteiger partial charge in [0.05, 0.1) is 0 Å². The van der Waals surface area contributed by atoms with Crippen LogP contribution >= 0.6 is 9.24 Å². The standard InChI is InChI=1S/C4H6O2.C2H7P/c1-3(2)4(5)6;1-2-3/h1H2,2H3,(H,5,6);2-3H2,1H3. The second kappa shape index (κ2) is 7.64. The second-order valence-electron chi connectivity index (χ2n) is 1.49. The molecule has 0 fully saturated rings. The third kappa shape index (κ3) is 18.3. The van der Waals surface area contributed by atoms with Crippen LogP contribution in [0.4, 0.5) is 0 Å². The van der Waals surface area contributed by atoms with Gasteiger partial charge in [0.15, 0.2) is 0 Å². The second-order valence-corrected chi connectivity index (χ2v) is 2.31. The highest BCUT2D eigenvalue weighted by Crippen LogP contribution is 1.81. The molecule has 0 rings (SSSR count). The number of carbonyl (C=O) groups is 1. The molecule has 1 N–H and O–H groups in total. The van der Waals surface area contributed by atoms with Gasteiger partial charge in [-0.2, -0.15) is 0 Å². The lowest BCUT2D eigenvalue weighted by molar-refractivity contribution is -0.132. The zero-order valence-electron chi connectivity index (χ0n) is 5.85. The SMILES string of the molecule is C=C(C)C(=O)O.CCP. The van der Waals surface area contributed by atoms with E-state index in [1.165, 1.54) is 13.1 Å². The average Bonchev–Trinajstić information content (AvgIpc) is 1.68. The molecule has 3 heteroatoms. The van der Waals surface area contributed by atoms with E-state index in [0.717, 1.165) is 0 Å². The van der Waals surface area contributed by atoms with Crippen LogP contribution in [-0.2, 0) is 4.79 Å². The monoisotopic (exact) mass is 148 g/mol. The summed E-state index contributed by atoms with van der Waals surface area (Å²) in [6.07, 6.45) is 1.17. The molecule has 0 aromatic carbocycles. The molecule has 54 valence electrons. The maximum atomic E-state index is 9.60. The molecule has 0 heterocycles. The fourth-order valence-electron chi connectivity index (χ4n) is 0. The van der Waals surface area contributed by atoms with Crippen LogP contribution in [0, 0.1) is 0 Å². The topological polar surface area (TPSA) is 37.3 Å². The molecule has 0 aliphatic rings. The predicted octanol–water partition coefficient (Wildman–Crippen LogP) is 1.53. The molecule has 1 unspecified atom stereocenters. The summed E-state index contributed by atoms with van der Waals surface area (Å²) < 4.78 is 0. The molecule has 0 aromatic rings. The predicted molar refractivity (Wildman–Crippen MR) is 42.7 cm³/mol. The maximum Gasteiger partial charge on any atom is 0.330 e.